The molecule has 1 aliphatic rings. The van der Waals surface area contributed by atoms with E-state index in [1.165, 1.54) is 6.92 Å². The van der Waals surface area contributed by atoms with Crippen molar-refractivity contribution < 1.29 is 14.3 Å². The first kappa shape index (κ1) is 20.4. The smallest absolute Gasteiger partial charge is 0.265 e. The molecule has 0 aliphatic carbocycles. The maximum atomic E-state index is 12.8. The molecule has 0 aromatic heterocycles. The molecule has 2 aromatic carbocycles. The third kappa shape index (κ3) is 4.22. The van der Waals surface area contributed by atoms with E-state index < -0.39 is 6.10 Å². The first-order valence-electron chi connectivity index (χ1n) is 9.45. The zero-order valence-corrected chi connectivity index (χ0v) is 18.2. The van der Waals surface area contributed by atoms with Crippen molar-refractivity contribution in [1.82, 2.24) is 0 Å². The van der Waals surface area contributed by atoms with Crippen molar-refractivity contribution in [3.63, 3.8) is 0 Å². The fourth-order valence-corrected chi connectivity index (χ4v) is 3.97. The maximum absolute atomic E-state index is 12.8. The summed E-state index contributed by atoms with van der Waals surface area (Å²) in [6.45, 7) is 8.07. The third-order valence-corrected chi connectivity index (χ3v) is 5.34. The highest BCUT2D eigenvalue weighted by Gasteiger charge is 2.28. The van der Waals surface area contributed by atoms with Gasteiger partial charge in [0.25, 0.3) is 5.91 Å². The predicted molar refractivity (Wildman–Crippen MR) is 115 cm³/mol. The maximum Gasteiger partial charge on any atom is 0.265 e. The molecule has 148 valence electrons. The van der Waals surface area contributed by atoms with Crippen LogP contribution in [0.4, 0.5) is 11.4 Å². The molecule has 28 heavy (non-hydrogen) atoms. The molecule has 0 bridgehead atoms. The third-order valence-electron chi connectivity index (χ3n) is 4.88. The van der Waals surface area contributed by atoms with Gasteiger partial charge in [-0.15, -0.1) is 0 Å². The highest BCUT2D eigenvalue weighted by atomic mass is 79.9. The van der Waals surface area contributed by atoms with Gasteiger partial charge in [0.15, 0.2) is 6.10 Å². The number of carbonyl (C=O) groups excluding carboxylic acids is 2. The van der Waals surface area contributed by atoms with E-state index >= 15 is 0 Å². The number of para-hydroxylation sites is 1. The number of hydrogen-bond donors (Lipinski definition) is 1. The number of amides is 2. The molecular formula is C22H25BrN2O3. The summed E-state index contributed by atoms with van der Waals surface area (Å²) in [7, 11) is 0. The Bertz CT molecular complexity index is 911. The van der Waals surface area contributed by atoms with E-state index in [4.69, 9.17) is 4.74 Å². The Morgan fingerprint density at radius 1 is 1.18 bits per heavy atom. The Hall–Kier alpha value is -2.34. The van der Waals surface area contributed by atoms with E-state index in [1.807, 2.05) is 36.4 Å². The van der Waals surface area contributed by atoms with E-state index in [0.29, 0.717) is 23.9 Å². The number of anilines is 2. The summed E-state index contributed by atoms with van der Waals surface area (Å²) in [5.41, 5.74) is 3.50. The van der Waals surface area contributed by atoms with Crippen LogP contribution in [-0.2, 0) is 16.0 Å². The molecular weight excluding hydrogens is 420 g/mol. The van der Waals surface area contributed by atoms with Crippen molar-refractivity contribution in [2.45, 2.75) is 46.1 Å². The molecule has 0 fully saturated rings. The summed E-state index contributed by atoms with van der Waals surface area (Å²) in [6.07, 6.45) is 0.0899. The van der Waals surface area contributed by atoms with Crippen LogP contribution in [-0.4, -0.2) is 24.5 Å². The Balaban J connectivity index is 1.81. The zero-order chi connectivity index (χ0) is 20.4. The van der Waals surface area contributed by atoms with E-state index in [-0.39, 0.29) is 11.8 Å². The molecule has 1 heterocycles. The van der Waals surface area contributed by atoms with Crippen LogP contribution in [0.3, 0.4) is 0 Å². The number of nitrogens with zero attached hydrogens (tertiary/aromatic N) is 1. The molecule has 1 aliphatic heterocycles. The van der Waals surface area contributed by atoms with Crippen LogP contribution in [0.5, 0.6) is 5.75 Å². The number of benzene rings is 2. The number of rotatable bonds is 5. The van der Waals surface area contributed by atoms with Crippen LogP contribution >= 0.6 is 15.9 Å². The van der Waals surface area contributed by atoms with Gasteiger partial charge in [-0.1, -0.05) is 48.0 Å². The van der Waals surface area contributed by atoms with Gasteiger partial charge >= 0.3 is 0 Å². The second-order valence-electron chi connectivity index (χ2n) is 7.32. The molecule has 1 N–H and O–H groups in total. The largest absolute Gasteiger partial charge is 0.481 e. The number of nitrogens with one attached hydrogen (secondary N) is 1. The second-order valence-corrected chi connectivity index (χ2v) is 8.24. The Morgan fingerprint density at radius 2 is 1.89 bits per heavy atom. The summed E-state index contributed by atoms with van der Waals surface area (Å²) in [4.78, 5) is 26.5. The lowest BCUT2D eigenvalue weighted by Crippen LogP contribution is -2.32. The summed E-state index contributed by atoms with van der Waals surface area (Å²) >= 11 is 3.49. The Labute approximate surface area is 174 Å². The average Bonchev–Trinajstić information content (AvgIpc) is 3.06. The fourth-order valence-electron chi connectivity index (χ4n) is 3.46. The van der Waals surface area contributed by atoms with Crippen molar-refractivity contribution in [2.75, 3.05) is 16.8 Å². The quantitative estimate of drug-likeness (QED) is 0.713. The second kappa shape index (κ2) is 8.35. The first-order valence-corrected chi connectivity index (χ1v) is 10.2. The minimum Gasteiger partial charge on any atom is -0.481 e. The molecule has 3 rings (SSSR count). The van der Waals surface area contributed by atoms with Gasteiger partial charge in [-0.3, -0.25) is 9.59 Å². The number of ether oxygens (including phenoxy) is 1. The lowest BCUT2D eigenvalue weighted by Gasteiger charge is -2.22. The number of fused-ring (bicyclic) bond motifs is 1. The van der Waals surface area contributed by atoms with Crippen LogP contribution in [0.25, 0.3) is 0 Å². The molecule has 2 aromatic rings. The standard InChI is InChI=1S/C22H25BrN2O3/c1-13(2)18-7-5-6-8-20(18)28-14(3)22(27)24-19-12-17(23)11-16-9-10-25(15(4)26)21(16)19/h5-8,11-14H,9-10H2,1-4H3,(H,24,27). The molecule has 6 heteroatoms. The normalized spacial score (nSPS) is 14.0. The van der Waals surface area contributed by atoms with Gasteiger partial charge in [-0.2, -0.15) is 0 Å². The molecule has 5 nitrogen and oxygen atoms in total. The van der Waals surface area contributed by atoms with Crippen molar-refractivity contribution in [3.05, 3.63) is 52.0 Å². The zero-order valence-electron chi connectivity index (χ0n) is 16.6. The molecule has 0 spiro atoms. The minimum atomic E-state index is -0.679. The van der Waals surface area contributed by atoms with E-state index in [9.17, 15) is 9.59 Å². The summed E-state index contributed by atoms with van der Waals surface area (Å²) < 4.78 is 6.83. The SMILES string of the molecule is CC(=O)N1CCc2cc(Br)cc(NC(=O)C(C)Oc3ccccc3C(C)C)c21. The van der Waals surface area contributed by atoms with Crippen molar-refractivity contribution in [3.8, 4) is 5.75 Å². The van der Waals surface area contributed by atoms with Crippen LogP contribution in [0.1, 0.15) is 44.7 Å². The van der Waals surface area contributed by atoms with Crippen LogP contribution in [0, 0.1) is 0 Å². The lowest BCUT2D eigenvalue weighted by atomic mass is 10.0. The van der Waals surface area contributed by atoms with Gasteiger partial charge < -0.3 is 15.0 Å². The van der Waals surface area contributed by atoms with E-state index in [0.717, 1.165) is 27.7 Å². The number of carbonyl (C=O) groups is 2. The number of halogens is 1. The Morgan fingerprint density at radius 3 is 2.57 bits per heavy atom. The van der Waals surface area contributed by atoms with Gasteiger partial charge in [0.1, 0.15) is 5.75 Å². The molecule has 0 radical (unpaired) electrons. The molecule has 2 amide bonds. The molecule has 1 unspecified atom stereocenters. The summed E-state index contributed by atoms with van der Waals surface area (Å²) in [6, 6.07) is 11.6. The predicted octanol–water partition coefficient (Wildman–Crippen LogP) is 4.89. The summed E-state index contributed by atoms with van der Waals surface area (Å²) in [5.74, 6) is 0.718. The highest BCUT2D eigenvalue weighted by Crippen LogP contribution is 2.38. The molecule has 0 saturated heterocycles. The van der Waals surface area contributed by atoms with Crippen LogP contribution < -0.4 is 15.0 Å². The van der Waals surface area contributed by atoms with Gasteiger partial charge in [-0.05, 0) is 48.6 Å². The first-order chi connectivity index (χ1) is 13.3. The van der Waals surface area contributed by atoms with Crippen LogP contribution in [0.2, 0.25) is 0 Å². The topological polar surface area (TPSA) is 58.6 Å². The number of hydrogen-bond acceptors (Lipinski definition) is 3. The van der Waals surface area contributed by atoms with Crippen LogP contribution in [0.15, 0.2) is 40.9 Å². The van der Waals surface area contributed by atoms with E-state index in [1.54, 1.807) is 11.8 Å². The monoisotopic (exact) mass is 444 g/mol. The minimum absolute atomic E-state index is 0.0354. The summed E-state index contributed by atoms with van der Waals surface area (Å²) in [5, 5.41) is 2.95. The Kier molecular flexibility index (Phi) is 6.08. The molecule has 1 atom stereocenters. The van der Waals surface area contributed by atoms with Crippen molar-refractivity contribution in [1.29, 1.82) is 0 Å². The van der Waals surface area contributed by atoms with E-state index in [2.05, 4.69) is 35.1 Å². The van der Waals surface area contributed by atoms with Crippen molar-refractivity contribution >= 4 is 39.1 Å². The average molecular weight is 445 g/mol. The lowest BCUT2D eigenvalue weighted by molar-refractivity contribution is -0.122. The van der Waals surface area contributed by atoms with Gasteiger partial charge in [0.05, 0.1) is 11.4 Å². The highest BCUT2D eigenvalue weighted by molar-refractivity contribution is 9.10. The van der Waals surface area contributed by atoms with Gasteiger partial charge in [0, 0.05) is 17.9 Å². The van der Waals surface area contributed by atoms with Crippen molar-refractivity contribution in [2.24, 2.45) is 0 Å². The fraction of sp³-hybridized carbons (Fsp3) is 0.364. The van der Waals surface area contributed by atoms with Gasteiger partial charge in [-0.25, -0.2) is 0 Å². The van der Waals surface area contributed by atoms with Gasteiger partial charge in [0.2, 0.25) is 5.91 Å². The molecule has 0 saturated carbocycles.